The fourth-order valence-corrected chi connectivity index (χ4v) is 4.61. The number of rotatable bonds is 2. The van der Waals surface area contributed by atoms with Crippen molar-refractivity contribution < 1.29 is 17.2 Å². The van der Waals surface area contributed by atoms with E-state index in [-0.39, 0.29) is 11.7 Å². The van der Waals surface area contributed by atoms with Crippen LogP contribution in [0.2, 0.25) is 0 Å². The third kappa shape index (κ3) is 2.51. The van der Waals surface area contributed by atoms with Gasteiger partial charge in [0.2, 0.25) is 10.0 Å². The van der Waals surface area contributed by atoms with Crippen LogP contribution in [0.25, 0.3) is 0 Å². The number of hydrogen-bond acceptors (Lipinski definition) is 4. The molecular formula is C13H17F2N3O2S. The highest BCUT2D eigenvalue weighted by Gasteiger charge is 2.37. The van der Waals surface area contributed by atoms with Gasteiger partial charge in [-0.2, -0.15) is 4.31 Å². The average Bonchev–Trinajstić information content (AvgIpc) is 2.90. The normalized spacial score (nSPS) is 24.2. The SMILES string of the molecule is Nc1cc(S(=O)(=O)N2CCN3CCCC3C2)c(F)cc1F. The van der Waals surface area contributed by atoms with E-state index in [0.717, 1.165) is 25.5 Å². The van der Waals surface area contributed by atoms with Crippen molar-refractivity contribution in [1.82, 2.24) is 9.21 Å². The van der Waals surface area contributed by atoms with Crippen LogP contribution in [-0.2, 0) is 10.0 Å². The van der Waals surface area contributed by atoms with E-state index in [4.69, 9.17) is 5.73 Å². The fourth-order valence-electron chi connectivity index (χ4n) is 3.06. The number of nitrogen functional groups attached to an aromatic ring is 1. The number of fused-ring (bicyclic) bond motifs is 1. The largest absolute Gasteiger partial charge is 0.396 e. The van der Waals surface area contributed by atoms with Gasteiger partial charge in [-0.3, -0.25) is 4.90 Å². The van der Waals surface area contributed by atoms with Crippen LogP contribution in [0.1, 0.15) is 12.8 Å². The minimum absolute atomic E-state index is 0.189. The molecule has 1 unspecified atom stereocenters. The molecule has 0 radical (unpaired) electrons. The molecule has 0 spiro atoms. The first-order valence-corrected chi connectivity index (χ1v) is 8.32. The Morgan fingerprint density at radius 3 is 2.67 bits per heavy atom. The Kier molecular flexibility index (Phi) is 3.62. The maximum atomic E-state index is 13.8. The van der Waals surface area contributed by atoms with Gasteiger partial charge in [-0.05, 0) is 25.5 Å². The second-order valence-electron chi connectivity index (χ2n) is 5.50. The topological polar surface area (TPSA) is 66.6 Å². The van der Waals surface area contributed by atoms with Gasteiger partial charge in [0.25, 0.3) is 0 Å². The number of nitrogens with zero attached hydrogens (tertiary/aromatic N) is 2. The molecule has 8 heteroatoms. The smallest absolute Gasteiger partial charge is 0.246 e. The van der Waals surface area contributed by atoms with Gasteiger partial charge in [-0.25, -0.2) is 17.2 Å². The number of halogens is 2. The van der Waals surface area contributed by atoms with Crippen LogP contribution in [0.3, 0.4) is 0 Å². The van der Waals surface area contributed by atoms with E-state index in [1.165, 1.54) is 4.31 Å². The van der Waals surface area contributed by atoms with Gasteiger partial charge in [0.05, 0.1) is 5.69 Å². The summed E-state index contributed by atoms with van der Waals surface area (Å²) in [5.74, 6) is -2.05. The van der Waals surface area contributed by atoms with Crippen LogP contribution in [0.15, 0.2) is 17.0 Å². The van der Waals surface area contributed by atoms with E-state index in [1.807, 2.05) is 0 Å². The minimum Gasteiger partial charge on any atom is -0.396 e. The van der Waals surface area contributed by atoms with Gasteiger partial charge in [-0.15, -0.1) is 0 Å². The van der Waals surface area contributed by atoms with Crippen molar-refractivity contribution in [3.8, 4) is 0 Å². The Labute approximate surface area is 122 Å². The fraction of sp³-hybridized carbons (Fsp3) is 0.538. The van der Waals surface area contributed by atoms with Crippen molar-refractivity contribution in [3.63, 3.8) is 0 Å². The summed E-state index contributed by atoms with van der Waals surface area (Å²) in [6, 6.07) is 1.57. The van der Waals surface area contributed by atoms with Crippen molar-refractivity contribution in [2.24, 2.45) is 0 Å². The third-order valence-corrected chi connectivity index (χ3v) is 6.10. The second-order valence-corrected chi connectivity index (χ2v) is 7.41. The highest BCUT2D eigenvalue weighted by atomic mass is 32.2. The molecule has 0 aromatic heterocycles. The maximum Gasteiger partial charge on any atom is 0.246 e. The van der Waals surface area contributed by atoms with Gasteiger partial charge in [0.1, 0.15) is 16.5 Å². The van der Waals surface area contributed by atoms with Crippen molar-refractivity contribution in [2.75, 3.05) is 31.9 Å². The molecule has 21 heavy (non-hydrogen) atoms. The highest BCUT2D eigenvalue weighted by molar-refractivity contribution is 7.89. The number of benzene rings is 1. The molecule has 2 saturated heterocycles. The maximum absolute atomic E-state index is 13.8. The van der Waals surface area contributed by atoms with Gasteiger partial charge in [-0.1, -0.05) is 0 Å². The number of sulfonamides is 1. The molecule has 2 fully saturated rings. The standard InChI is InChI=1S/C13H17F2N3O2S/c14-10-6-11(15)13(7-12(10)16)21(19,20)18-5-4-17-3-1-2-9(17)8-18/h6-7,9H,1-5,8,16H2. The summed E-state index contributed by atoms with van der Waals surface area (Å²) in [6.07, 6.45) is 2.00. The molecule has 2 aliphatic rings. The molecular weight excluding hydrogens is 300 g/mol. The Balaban J connectivity index is 1.92. The first kappa shape index (κ1) is 14.7. The van der Waals surface area contributed by atoms with E-state index < -0.39 is 26.6 Å². The molecule has 116 valence electrons. The summed E-state index contributed by atoms with van der Waals surface area (Å²) in [5.41, 5.74) is 5.00. The molecule has 5 nitrogen and oxygen atoms in total. The van der Waals surface area contributed by atoms with E-state index in [0.29, 0.717) is 25.7 Å². The van der Waals surface area contributed by atoms with Crippen LogP contribution >= 0.6 is 0 Å². The zero-order valence-electron chi connectivity index (χ0n) is 11.4. The molecule has 0 bridgehead atoms. The molecule has 1 atom stereocenters. The third-order valence-electron chi connectivity index (χ3n) is 4.22. The van der Waals surface area contributed by atoms with Crippen LogP contribution in [-0.4, -0.2) is 49.8 Å². The first-order chi connectivity index (χ1) is 9.89. The van der Waals surface area contributed by atoms with E-state index in [9.17, 15) is 17.2 Å². The quantitative estimate of drug-likeness (QED) is 0.827. The first-order valence-electron chi connectivity index (χ1n) is 6.88. The van der Waals surface area contributed by atoms with Gasteiger partial charge in [0.15, 0.2) is 0 Å². The van der Waals surface area contributed by atoms with Crippen molar-refractivity contribution in [2.45, 2.75) is 23.8 Å². The van der Waals surface area contributed by atoms with E-state index in [1.54, 1.807) is 0 Å². The Hall–Kier alpha value is -1.25. The molecule has 2 heterocycles. The molecule has 0 saturated carbocycles. The number of hydrogen-bond donors (Lipinski definition) is 1. The van der Waals surface area contributed by atoms with Gasteiger partial charge < -0.3 is 5.73 Å². The summed E-state index contributed by atoms with van der Waals surface area (Å²) >= 11 is 0. The number of anilines is 1. The minimum atomic E-state index is -3.99. The zero-order chi connectivity index (χ0) is 15.2. The number of piperazine rings is 1. The predicted molar refractivity (Wildman–Crippen MR) is 74.1 cm³/mol. The molecule has 1 aromatic rings. The van der Waals surface area contributed by atoms with Crippen LogP contribution in [0.4, 0.5) is 14.5 Å². The number of nitrogens with two attached hydrogens (primary N) is 1. The zero-order valence-corrected chi connectivity index (χ0v) is 12.2. The lowest BCUT2D eigenvalue weighted by atomic mass is 10.2. The Bertz CT molecular complexity index is 666. The summed E-state index contributed by atoms with van der Waals surface area (Å²) in [5, 5.41) is 0. The predicted octanol–water partition coefficient (Wildman–Crippen LogP) is 1.02. The lowest BCUT2D eigenvalue weighted by Crippen LogP contribution is -2.52. The molecule has 2 aliphatic heterocycles. The van der Waals surface area contributed by atoms with Crippen LogP contribution in [0, 0.1) is 11.6 Å². The van der Waals surface area contributed by atoms with E-state index in [2.05, 4.69) is 4.90 Å². The van der Waals surface area contributed by atoms with E-state index >= 15 is 0 Å². The van der Waals surface area contributed by atoms with Crippen molar-refractivity contribution in [1.29, 1.82) is 0 Å². The summed E-state index contributed by atoms with van der Waals surface area (Å²) < 4.78 is 53.4. The Morgan fingerprint density at radius 1 is 1.14 bits per heavy atom. The monoisotopic (exact) mass is 317 g/mol. The molecule has 0 aliphatic carbocycles. The Morgan fingerprint density at radius 2 is 1.90 bits per heavy atom. The molecule has 2 N–H and O–H groups in total. The van der Waals surface area contributed by atoms with Crippen molar-refractivity contribution >= 4 is 15.7 Å². The van der Waals surface area contributed by atoms with Gasteiger partial charge in [0, 0.05) is 31.7 Å². The summed E-state index contributed by atoms with van der Waals surface area (Å²) in [6.45, 7) is 2.28. The second kappa shape index (κ2) is 5.19. The highest BCUT2D eigenvalue weighted by Crippen LogP contribution is 2.28. The summed E-state index contributed by atoms with van der Waals surface area (Å²) in [4.78, 5) is 1.70. The van der Waals surface area contributed by atoms with Crippen LogP contribution < -0.4 is 5.73 Å². The average molecular weight is 317 g/mol. The van der Waals surface area contributed by atoms with Crippen LogP contribution in [0.5, 0.6) is 0 Å². The molecule has 0 amide bonds. The lowest BCUT2D eigenvalue weighted by molar-refractivity contribution is 0.158. The van der Waals surface area contributed by atoms with Gasteiger partial charge >= 0.3 is 0 Å². The lowest BCUT2D eigenvalue weighted by Gasteiger charge is -2.36. The molecule has 1 aromatic carbocycles. The summed E-state index contributed by atoms with van der Waals surface area (Å²) in [7, 11) is -3.99. The van der Waals surface area contributed by atoms with Crippen molar-refractivity contribution in [3.05, 3.63) is 23.8 Å². The molecule has 3 rings (SSSR count).